The summed E-state index contributed by atoms with van der Waals surface area (Å²) in [5.74, 6) is 5.75. The molecule has 21 heavy (non-hydrogen) atoms. The summed E-state index contributed by atoms with van der Waals surface area (Å²) in [7, 11) is 0. The molecule has 0 aliphatic rings. The van der Waals surface area contributed by atoms with Crippen LogP contribution in [0.2, 0.25) is 0 Å². The highest BCUT2D eigenvalue weighted by Gasteiger charge is 2.01. The van der Waals surface area contributed by atoms with E-state index in [2.05, 4.69) is 28.7 Å². The maximum Gasteiger partial charge on any atom is 0.146 e. The van der Waals surface area contributed by atoms with Crippen LogP contribution in [0.5, 0.6) is 5.75 Å². The molecule has 5 heteroatoms. The van der Waals surface area contributed by atoms with E-state index in [9.17, 15) is 0 Å². The van der Waals surface area contributed by atoms with Crippen molar-refractivity contribution in [2.24, 2.45) is 16.7 Å². The molecule has 0 aliphatic carbocycles. The molecule has 0 aliphatic heterocycles. The smallest absolute Gasteiger partial charge is 0.146 e. The first kappa shape index (κ1) is 14.6. The normalized spacial score (nSPS) is 10.5. The first-order valence-corrected chi connectivity index (χ1v) is 6.46. The van der Waals surface area contributed by atoms with Crippen molar-refractivity contribution in [1.82, 2.24) is 5.01 Å². The zero-order valence-electron chi connectivity index (χ0n) is 11.6. The van der Waals surface area contributed by atoms with Crippen LogP contribution in [0.4, 0.5) is 0 Å². The summed E-state index contributed by atoms with van der Waals surface area (Å²) in [5.41, 5.74) is 8.62. The quantitative estimate of drug-likeness (QED) is 0.485. The molecular weight excluding hydrogens is 264 g/mol. The Morgan fingerprint density at radius 3 is 2.10 bits per heavy atom. The van der Waals surface area contributed by atoms with Crippen LogP contribution in [0.3, 0.4) is 0 Å². The highest BCUT2D eigenvalue weighted by Crippen LogP contribution is 2.22. The molecule has 4 N–H and O–H groups in total. The maximum atomic E-state index is 5.28. The Labute approximate surface area is 124 Å². The second kappa shape index (κ2) is 7.12. The molecule has 0 heterocycles. The Balaban J connectivity index is 2.12. The van der Waals surface area contributed by atoms with Crippen molar-refractivity contribution in [3.8, 4) is 16.9 Å². The van der Waals surface area contributed by atoms with Gasteiger partial charge in [0, 0.05) is 6.20 Å². The molecule has 0 fully saturated rings. The van der Waals surface area contributed by atoms with Crippen LogP contribution in [-0.4, -0.2) is 11.3 Å². The number of hydrogen-bond acceptors (Lipinski definition) is 4. The molecular formula is C16H18N4O. The SMILES string of the molecule is C=CN(Cc1ccc(-c2ccc(ON)cc2)cc1)/N=C\N. The van der Waals surface area contributed by atoms with Crippen LogP contribution >= 0.6 is 0 Å². The van der Waals surface area contributed by atoms with Gasteiger partial charge < -0.3 is 10.6 Å². The number of hydrazone groups is 1. The predicted molar refractivity (Wildman–Crippen MR) is 85.1 cm³/mol. The second-order valence-electron chi connectivity index (χ2n) is 4.38. The predicted octanol–water partition coefficient (Wildman–Crippen LogP) is 2.45. The summed E-state index contributed by atoms with van der Waals surface area (Å²) in [5, 5.41) is 5.65. The number of hydrogen-bond donors (Lipinski definition) is 2. The minimum Gasteiger partial charge on any atom is -0.412 e. The summed E-state index contributed by atoms with van der Waals surface area (Å²) in [4.78, 5) is 4.66. The Kier molecular flexibility index (Phi) is 4.95. The van der Waals surface area contributed by atoms with Crippen molar-refractivity contribution in [3.63, 3.8) is 0 Å². The average molecular weight is 282 g/mol. The van der Waals surface area contributed by atoms with Gasteiger partial charge in [0.1, 0.15) is 12.1 Å². The first-order valence-electron chi connectivity index (χ1n) is 6.46. The van der Waals surface area contributed by atoms with Gasteiger partial charge in [0.2, 0.25) is 0 Å². The van der Waals surface area contributed by atoms with Gasteiger partial charge in [-0.05, 0) is 28.8 Å². The Hall–Kier alpha value is -2.79. The molecule has 0 spiro atoms. The third-order valence-electron chi connectivity index (χ3n) is 3.05. The van der Waals surface area contributed by atoms with Gasteiger partial charge in [-0.2, -0.15) is 11.0 Å². The summed E-state index contributed by atoms with van der Waals surface area (Å²) in [6.45, 7) is 4.31. The molecule has 0 unspecified atom stereocenters. The van der Waals surface area contributed by atoms with Gasteiger partial charge in [-0.3, -0.25) is 5.01 Å². The third kappa shape index (κ3) is 3.84. The third-order valence-corrected chi connectivity index (χ3v) is 3.05. The van der Waals surface area contributed by atoms with E-state index in [1.165, 1.54) is 6.34 Å². The van der Waals surface area contributed by atoms with E-state index in [0.717, 1.165) is 16.7 Å². The van der Waals surface area contributed by atoms with E-state index in [0.29, 0.717) is 12.3 Å². The van der Waals surface area contributed by atoms with E-state index in [-0.39, 0.29) is 0 Å². The molecule has 0 bridgehead atoms. The highest BCUT2D eigenvalue weighted by atomic mass is 16.6. The lowest BCUT2D eigenvalue weighted by molar-refractivity contribution is 0.334. The Morgan fingerprint density at radius 1 is 1.05 bits per heavy atom. The van der Waals surface area contributed by atoms with E-state index >= 15 is 0 Å². The van der Waals surface area contributed by atoms with Crippen LogP contribution in [0.1, 0.15) is 5.56 Å². The topological polar surface area (TPSA) is 76.9 Å². The number of benzene rings is 2. The zero-order valence-corrected chi connectivity index (χ0v) is 11.6. The largest absolute Gasteiger partial charge is 0.412 e. The highest BCUT2D eigenvalue weighted by molar-refractivity contribution is 5.64. The lowest BCUT2D eigenvalue weighted by Gasteiger charge is -2.13. The van der Waals surface area contributed by atoms with Gasteiger partial charge in [-0.15, -0.1) is 0 Å². The maximum absolute atomic E-state index is 5.28. The Bertz CT molecular complexity index is 605. The molecule has 0 aromatic heterocycles. The fraction of sp³-hybridized carbons (Fsp3) is 0.0625. The van der Waals surface area contributed by atoms with Crippen LogP contribution < -0.4 is 16.5 Å². The number of rotatable bonds is 6. The fourth-order valence-corrected chi connectivity index (χ4v) is 1.95. The summed E-state index contributed by atoms with van der Waals surface area (Å²) in [6.07, 6.45) is 2.87. The van der Waals surface area contributed by atoms with Crippen molar-refractivity contribution in [1.29, 1.82) is 0 Å². The molecule has 5 nitrogen and oxygen atoms in total. The minimum atomic E-state index is 0.622. The van der Waals surface area contributed by atoms with Crippen LogP contribution in [0.25, 0.3) is 11.1 Å². The van der Waals surface area contributed by atoms with Crippen molar-refractivity contribution >= 4 is 6.34 Å². The molecule has 0 radical (unpaired) electrons. The van der Waals surface area contributed by atoms with Crippen LogP contribution in [0, 0.1) is 0 Å². The minimum absolute atomic E-state index is 0.622. The van der Waals surface area contributed by atoms with E-state index in [1.807, 2.05) is 36.4 Å². The lowest BCUT2D eigenvalue weighted by atomic mass is 10.0. The first-order chi connectivity index (χ1) is 10.3. The van der Waals surface area contributed by atoms with Crippen LogP contribution in [-0.2, 0) is 6.54 Å². The van der Waals surface area contributed by atoms with Crippen LogP contribution in [0.15, 0.2) is 66.4 Å². The molecule has 2 rings (SSSR count). The van der Waals surface area contributed by atoms with E-state index in [1.54, 1.807) is 11.2 Å². The molecule has 0 saturated carbocycles. The van der Waals surface area contributed by atoms with Crippen molar-refractivity contribution in [2.75, 3.05) is 0 Å². The molecule has 0 amide bonds. The standard InChI is InChI=1S/C16H18N4O/c1-2-20(19-12-17)11-13-3-5-14(6-4-13)15-7-9-16(21-18)10-8-15/h2-10,12H,1,11,18H2,(H2,17,19). The monoisotopic (exact) mass is 282 g/mol. The average Bonchev–Trinajstić information content (AvgIpc) is 2.55. The summed E-state index contributed by atoms with van der Waals surface area (Å²) in [6, 6.07) is 15.8. The van der Waals surface area contributed by atoms with Gasteiger partial charge in [0.15, 0.2) is 0 Å². The molecule has 108 valence electrons. The summed E-state index contributed by atoms with van der Waals surface area (Å²) >= 11 is 0. The molecule has 2 aromatic carbocycles. The molecule has 0 saturated heterocycles. The van der Waals surface area contributed by atoms with Gasteiger partial charge in [-0.25, -0.2) is 0 Å². The summed E-state index contributed by atoms with van der Waals surface area (Å²) < 4.78 is 0. The molecule has 0 atom stereocenters. The van der Waals surface area contributed by atoms with E-state index in [4.69, 9.17) is 11.6 Å². The number of nitrogens with zero attached hydrogens (tertiary/aromatic N) is 2. The van der Waals surface area contributed by atoms with Gasteiger partial charge in [0.25, 0.3) is 0 Å². The Morgan fingerprint density at radius 2 is 1.62 bits per heavy atom. The zero-order chi connectivity index (χ0) is 15.1. The van der Waals surface area contributed by atoms with Gasteiger partial charge in [0.05, 0.1) is 6.54 Å². The lowest BCUT2D eigenvalue weighted by Crippen LogP contribution is -2.10. The molecule has 2 aromatic rings. The second-order valence-corrected chi connectivity index (χ2v) is 4.38. The fourth-order valence-electron chi connectivity index (χ4n) is 1.95. The van der Waals surface area contributed by atoms with Crippen molar-refractivity contribution in [2.45, 2.75) is 6.54 Å². The van der Waals surface area contributed by atoms with E-state index < -0.39 is 0 Å². The van der Waals surface area contributed by atoms with Crippen molar-refractivity contribution < 1.29 is 4.84 Å². The van der Waals surface area contributed by atoms with Gasteiger partial charge >= 0.3 is 0 Å². The van der Waals surface area contributed by atoms with Gasteiger partial charge in [-0.1, -0.05) is 43.0 Å². The van der Waals surface area contributed by atoms with Crippen molar-refractivity contribution in [3.05, 3.63) is 66.9 Å². The number of nitrogens with two attached hydrogens (primary N) is 2.